The maximum Gasteiger partial charge on any atom is 0.265 e. The second-order valence-electron chi connectivity index (χ2n) is 5.32. The smallest absolute Gasteiger partial charge is 0.265 e. The zero-order valence-corrected chi connectivity index (χ0v) is 14.7. The van der Waals surface area contributed by atoms with Crippen molar-refractivity contribution in [2.75, 3.05) is 22.8 Å². The molecule has 0 radical (unpaired) electrons. The first-order valence-corrected chi connectivity index (χ1v) is 9.38. The summed E-state index contributed by atoms with van der Waals surface area (Å²) in [7, 11) is -3.67. The van der Waals surface area contributed by atoms with Gasteiger partial charge in [0.05, 0.1) is 18.3 Å². The molecule has 0 amide bonds. The fourth-order valence-corrected chi connectivity index (χ4v) is 3.74. The van der Waals surface area contributed by atoms with Crippen LogP contribution in [0.25, 0.3) is 0 Å². The van der Waals surface area contributed by atoms with Crippen molar-refractivity contribution < 1.29 is 13.5 Å². The Kier molecular flexibility index (Phi) is 6.16. The monoisotopic (exact) mass is 349 g/mol. The van der Waals surface area contributed by atoms with E-state index < -0.39 is 10.0 Å². The van der Waals surface area contributed by atoms with Crippen LogP contribution in [0.5, 0.6) is 0 Å². The zero-order valence-electron chi connectivity index (χ0n) is 13.9. The lowest BCUT2D eigenvalue weighted by atomic mass is 10.2. The number of aromatic nitrogens is 1. The van der Waals surface area contributed by atoms with Gasteiger partial charge in [0.15, 0.2) is 0 Å². The van der Waals surface area contributed by atoms with Gasteiger partial charge in [-0.15, -0.1) is 0 Å². The molecule has 7 heteroatoms. The van der Waals surface area contributed by atoms with E-state index in [9.17, 15) is 13.5 Å². The number of sulfonamides is 1. The van der Waals surface area contributed by atoms with Crippen LogP contribution in [-0.4, -0.2) is 37.7 Å². The highest BCUT2D eigenvalue weighted by Gasteiger charge is 2.23. The summed E-state index contributed by atoms with van der Waals surface area (Å²) < 4.78 is 27.0. The van der Waals surface area contributed by atoms with Crippen LogP contribution in [0.2, 0.25) is 0 Å². The van der Waals surface area contributed by atoms with Crippen LogP contribution >= 0.6 is 0 Å². The number of aliphatic hydroxyl groups is 1. The fraction of sp³-hybridized carbons (Fsp3) is 0.353. The van der Waals surface area contributed by atoms with Gasteiger partial charge in [0.2, 0.25) is 0 Å². The Labute approximate surface area is 143 Å². The Bertz CT molecular complexity index is 729. The van der Waals surface area contributed by atoms with Crippen LogP contribution in [0.15, 0.2) is 53.6 Å². The lowest BCUT2D eigenvalue weighted by molar-refractivity contribution is 0.271. The molecule has 0 spiro atoms. The average Bonchev–Trinajstić information content (AvgIpc) is 2.61. The lowest BCUT2D eigenvalue weighted by Gasteiger charge is -2.23. The second-order valence-corrected chi connectivity index (χ2v) is 7.18. The van der Waals surface area contributed by atoms with E-state index in [0.717, 1.165) is 6.42 Å². The minimum absolute atomic E-state index is 0.00412. The number of benzene rings is 1. The third-order valence-corrected chi connectivity index (χ3v) is 5.61. The van der Waals surface area contributed by atoms with Crippen molar-refractivity contribution >= 4 is 21.5 Å². The van der Waals surface area contributed by atoms with Crippen LogP contribution in [0.4, 0.5) is 11.5 Å². The van der Waals surface area contributed by atoms with Crippen LogP contribution in [0.1, 0.15) is 20.3 Å². The van der Waals surface area contributed by atoms with Crippen molar-refractivity contribution in [3.8, 4) is 0 Å². The highest BCUT2D eigenvalue weighted by atomic mass is 32.2. The Hall–Kier alpha value is -2.12. The number of pyridine rings is 1. The van der Waals surface area contributed by atoms with E-state index in [1.54, 1.807) is 37.3 Å². The van der Waals surface area contributed by atoms with Crippen LogP contribution in [-0.2, 0) is 10.0 Å². The molecule has 1 atom stereocenters. The SMILES string of the molecule is CC[C@H](CO)Nc1ccc(S(=O)(=O)N(CC)c2ccccc2)cn1. The number of nitrogens with one attached hydrogen (secondary N) is 1. The Balaban J connectivity index is 2.26. The minimum atomic E-state index is -3.67. The Morgan fingerprint density at radius 3 is 2.38 bits per heavy atom. The van der Waals surface area contributed by atoms with E-state index in [4.69, 9.17) is 0 Å². The van der Waals surface area contributed by atoms with Gasteiger partial charge in [0.25, 0.3) is 10.0 Å². The lowest BCUT2D eigenvalue weighted by Crippen LogP contribution is -2.31. The number of hydrogen-bond donors (Lipinski definition) is 2. The van der Waals surface area contributed by atoms with Gasteiger partial charge < -0.3 is 10.4 Å². The molecule has 24 heavy (non-hydrogen) atoms. The number of aliphatic hydroxyl groups excluding tert-OH is 1. The van der Waals surface area contributed by atoms with E-state index in [0.29, 0.717) is 18.1 Å². The van der Waals surface area contributed by atoms with Crippen molar-refractivity contribution in [1.82, 2.24) is 4.98 Å². The molecule has 0 aliphatic heterocycles. The quantitative estimate of drug-likeness (QED) is 0.765. The topological polar surface area (TPSA) is 82.5 Å². The molecule has 0 saturated heterocycles. The maximum atomic E-state index is 12.8. The first-order chi connectivity index (χ1) is 11.5. The molecule has 2 N–H and O–H groups in total. The molecular weight excluding hydrogens is 326 g/mol. The number of hydrogen-bond acceptors (Lipinski definition) is 5. The van der Waals surface area contributed by atoms with Crippen molar-refractivity contribution in [2.45, 2.75) is 31.2 Å². The van der Waals surface area contributed by atoms with Crippen LogP contribution < -0.4 is 9.62 Å². The van der Waals surface area contributed by atoms with Crippen LogP contribution in [0, 0.1) is 0 Å². The summed E-state index contributed by atoms with van der Waals surface area (Å²) >= 11 is 0. The summed E-state index contributed by atoms with van der Waals surface area (Å²) in [6.07, 6.45) is 2.09. The van der Waals surface area contributed by atoms with Crippen molar-refractivity contribution in [3.63, 3.8) is 0 Å². The summed E-state index contributed by atoms with van der Waals surface area (Å²) in [5.41, 5.74) is 0.619. The third-order valence-electron chi connectivity index (χ3n) is 3.72. The first kappa shape index (κ1) is 18.2. The van der Waals surface area contributed by atoms with Crippen LogP contribution in [0.3, 0.4) is 0 Å². The van der Waals surface area contributed by atoms with Gasteiger partial charge in [-0.1, -0.05) is 25.1 Å². The number of nitrogens with zero attached hydrogens (tertiary/aromatic N) is 2. The molecule has 0 saturated carbocycles. The van der Waals surface area contributed by atoms with Gasteiger partial charge in [0.1, 0.15) is 10.7 Å². The molecule has 0 aliphatic carbocycles. The maximum absolute atomic E-state index is 12.8. The molecule has 1 aromatic heterocycles. The zero-order chi connectivity index (χ0) is 17.6. The van der Waals surface area contributed by atoms with Gasteiger partial charge in [-0.2, -0.15) is 0 Å². The molecule has 0 aliphatic rings. The van der Waals surface area contributed by atoms with E-state index in [2.05, 4.69) is 10.3 Å². The van der Waals surface area contributed by atoms with E-state index in [1.807, 2.05) is 13.0 Å². The minimum Gasteiger partial charge on any atom is -0.394 e. The average molecular weight is 349 g/mol. The normalized spacial score (nSPS) is 12.6. The predicted octanol–water partition coefficient (Wildman–Crippen LogP) is 2.48. The molecule has 130 valence electrons. The molecule has 6 nitrogen and oxygen atoms in total. The van der Waals surface area contributed by atoms with Gasteiger partial charge in [-0.3, -0.25) is 4.31 Å². The van der Waals surface area contributed by atoms with E-state index in [1.165, 1.54) is 16.6 Å². The van der Waals surface area contributed by atoms with E-state index in [-0.39, 0.29) is 17.5 Å². The Morgan fingerprint density at radius 2 is 1.88 bits per heavy atom. The fourth-order valence-electron chi connectivity index (χ4n) is 2.32. The number of para-hydroxylation sites is 1. The van der Waals surface area contributed by atoms with Gasteiger partial charge in [0, 0.05) is 12.7 Å². The van der Waals surface area contributed by atoms with Gasteiger partial charge in [-0.05, 0) is 37.6 Å². The molecule has 1 heterocycles. The summed E-state index contributed by atoms with van der Waals surface area (Å²) in [4.78, 5) is 4.30. The van der Waals surface area contributed by atoms with Gasteiger partial charge >= 0.3 is 0 Å². The first-order valence-electron chi connectivity index (χ1n) is 7.94. The molecule has 2 aromatic rings. The molecule has 1 aromatic carbocycles. The molecule has 0 fully saturated rings. The molecular formula is C17H23N3O3S. The second kappa shape index (κ2) is 8.12. The van der Waals surface area contributed by atoms with Crippen molar-refractivity contribution in [3.05, 3.63) is 48.7 Å². The largest absolute Gasteiger partial charge is 0.394 e. The van der Waals surface area contributed by atoms with Gasteiger partial charge in [-0.25, -0.2) is 13.4 Å². The highest BCUT2D eigenvalue weighted by molar-refractivity contribution is 7.92. The summed E-state index contributed by atoms with van der Waals surface area (Å²) in [6, 6.07) is 12.0. The van der Waals surface area contributed by atoms with E-state index >= 15 is 0 Å². The molecule has 0 unspecified atom stereocenters. The standard InChI is InChI=1S/C17H23N3O3S/c1-3-14(13-21)19-17-11-10-16(12-18-17)24(22,23)20(4-2)15-8-6-5-7-9-15/h5-12,14,21H,3-4,13H2,1-2H3,(H,18,19)/t14-/m1/s1. The summed E-state index contributed by atoms with van der Waals surface area (Å²) in [6.45, 7) is 4.07. The molecule has 2 rings (SSSR count). The Morgan fingerprint density at radius 1 is 1.17 bits per heavy atom. The predicted molar refractivity (Wildman–Crippen MR) is 95.7 cm³/mol. The summed E-state index contributed by atoms with van der Waals surface area (Å²) in [5.74, 6) is 0.539. The summed E-state index contributed by atoms with van der Waals surface area (Å²) in [5, 5.41) is 12.3. The molecule has 0 bridgehead atoms. The number of rotatable bonds is 8. The number of anilines is 2. The van der Waals surface area contributed by atoms with Crippen molar-refractivity contribution in [1.29, 1.82) is 0 Å². The third kappa shape index (κ3) is 4.04. The highest BCUT2D eigenvalue weighted by Crippen LogP contribution is 2.23. The van der Waals surface area contributed by atoms with Crippen molar-refractivity contribution in [2.24, 2.45) is 0 Å².